The first-order chi connectivity index (χ1) is 14.9. The van der Waals surface area contributed by atoms with Gasteiger partial charge in [0.2, 0.25) is 5.89 Å². The Balaban J connectivity index is 1.49. The number of carbonyl (C=O) groups is 1. The summed E-state index contributed by atoms with van der Waals surface area (Å²) < 4.78 is 19.0. The van der Waals surface area contributed by atoms with Crippen molar-refractivity contribution in [1.29, 1.82) is 0 Å². The van der Waals surface area contributed by atoms with Crippen molar-refractivity contribution < 1.29 is 13.6 Å². The number of rotatable bonds is 4. The maximum atomic E-state index is 13.2. The van der Waals surface area contributed by atoms with E-state index in [9.17, 15) is 9.18 Å². The van der Waals surface area contributed by atoms with Gasteiger partial charge in [-0.3, -0.25) is 10.1 Å². The highest BCUT2D eigenvalue weighted by atomic mass is 35.5. The number of anilines is 1. The van der Waals surface area contributed by atoms with Crippen molar-refractivity contribution >= 4 is 51.6 Å². The summed E-state index contributed by atoms with van der Waals surface area (Å²) in [5.41, 5.74) is 4.22. The third-order valence-corrected chi connectivity index (χ3v) is 5.15. The Hall–Kier alpha value is -3.29. The van der Waals surface area contributed by atoms with E-state index in [0.717, 1.165) is 29.6 Å². The molecule has 5 nitrogen and oxygen atoms in total. The summed E-state index contributed by atoms with van der Waals surface area (Å²) in [5.74, 6) is -0.575. The second-order valence-electron chi connectivity index (χ2n) is 6.79. The minimum atomic E-state index is -0.538. The lowest BCUT2D eigenvalue weighted by atomic mass is 10.1. The molecule has 0 aliphatic rings. The third kappa shape index (κ3) is 4.73. The van der Waals surface area contributed by atoms with Gasteiger partial charge in [-0.2, -0.15) is 0 Å². The summed E-state index contributed by atoms with van der Waals surface area (Å²) in [7, 11) is 0. The molecule has 0 unspecified atom stereocenters. The Kier molecular flexibility index (Phi) is 5.97. The second kappa shape index (κ2) is 8.83. The van der Waals surface area contributed by atoms with Gasteiger partial charge in [0.15, 0.2) is 10.7 Å². The number of benzene rings is 3. The van der Waals surface area contributed by atoms with Gasteiger partial charge >= 0.3 is 0 Å². The predicted octanol–water partition coefficient (Wildman–Crippen LogP) is 5.98. The molecule has 1 aromatic heterocycles. The van der Waals surface area contributed by atoms with Crippen LogP contribution in [-0.4, -0.2) is 16.0 Å². The fourth-order valence-electron chi connectivity index (χ4n) is 3.05. The van der Waals surface area contributed by atoms with Crippen molar-refractivity contribution in [1.82, 2.24) is 10.3 Å². The molecule has 0 bridgehead atoms. The van der Waals surface area contributed by atoms with Crippen LogP contribution < -0.4 is 10.6 Å². The normalized spacial score (nSPS) is 10.8. The molecule has 0 spiro atoms. The minimum Gasteiger partial charge on any atom is -0.436 e. The molecule has 156 valence electrons. The van der Waals surface area contributed by atoms with Gasteiger partial charge in [-0.05, 0) is 72.7 Å². The first kappa shape index (κ1) is 21.0. The minimum absolute atomic E-state index is 0.00416. The molecule has 3 aromatic carbocycles. The van der Waals surface area contributed by atoms with Crippen LogP contribution in [0.3, 0.4) is 0 Å². The quantitative estimate of drug-likeness (QED) is 0.372. The van der Waals surface area contributed by atoms with Gasteiger partial charge < -0.3 is 9.73 Å². The van der Waals surface area contributed by atoms with E-state index >= 15 is 0 Å². The molecule has 8 heteroatoms. The number of fused-ring (bicyclic) bond motifs is 1. The van der Waals surface area contributed by atoms with Gasteiger partial charge in [0.25, 0.3) is 5.91 Å². The fraction of sp³-hybridized carbons (Fsp3) is 0.0870. The van der Waals surface area contributed by atoms with Crippen LogP contribution in [0.15, 0.2) is 65.1 Å². The SMILES string of the molecule is CCc1ccc2oc(-c3cccc(NC(=S)NC(=O)c4ccc(F)cc4Cl)c3)nc2c1. The Labute approximate surface area is 188 Å². The van der Waals surface area contributed by atoms with E-state index in [2.05, 4.69) is 22.5 Å². The molecule has 0 saturated heterocycles. The van der Waals surface area contributed by atoms with E-state index in [-0.39, 0.29) is 15.7 Å². The summed E-state index contributed by atoms with van der Waals surface area (Å²) >= 11 is 11.1. The first-order valence-electron chi connectivity index (χ1n) is 9.50. The number of carbonyl (C=O) groups excluding carboxylic acids is 1. The Morgan fingerprint density at radius 3 is 2.77 bits per heavy atom. The van der Waals surface area contributed by atoms with Crippen LogP contribution in [0, 0.1) is 5.82 Å². The van der Waals surface area contributed by atoms with Gasteiger partial charge in [-0.1, -0.05) is 30.7 Å². The summed E-state index contributed by atoms with van der Waals surface area (Å²) in [6.07, 6.45) is 0.920. The van der Waals surface area contributed by atoms with Crippen molar-refractivity contribution in [2.45, 2.75) is 13.3 Å². The number of hydrogen-bond donors (Lipinski definition) is 2. The number of aromatic nitrogens is 1. The summed E-state index contributed by atoms with van der Waals surface area (Å²) in [6.45, 7) is 2.09. The zero-order chi connectivity index (χ0) is 22.0. The van der Waals surface area contributed by atoms with Gasteiger partial charge in [0.1, 0.15) is 11.3 Å². The van der Waals surface area contributed by atoms with E-state index in [1.807, 2.05) is 36.4 Å². The molecule has 0 radical (unpaired) electrons. The zero-order valence-corrected chi connectivity index (χ0v) is 18.0. The molecule has 4 aromatic rings. The van der Waals surface area contributed by atoms with Gasteiger partial charge in [-0.25, -0.2) is 9.37 Å². The van der Waals surface area contributed by atoms with Crippen LogP contribution in [-0.2, 0) is 6.42 Å². The molecule has 1 amide bonds. The van der Waals surface area contributed by atoms with E-state index in [0.29, 0.717) is 17.2 Å². The highest BCUT2D eigenvalue weighted by Crippen LogP contribution is 2.27. The molecular weight excluding hydrogens is 437 g/mol. The van der Waals surface area contributed by atoms with Crippen LogP contribution in [0.4, 0.5) is 10.1 Å². The average Bonchev–Trinajstić information content (AvgIpc) is 3.17. The number of amides is 1. The van der Waals surface area contributed by atoms with Crippen LogP contribution >= 0.6 is 23.8 Å². The standard InChI is InChI=1S/C23H17ClFN3O2S/c1-2-13-6-9-20-19(10-13)27-22(30-20)14-4-3-5-16(11-14)26-23(31)28-21(29)17-8-7-15(25)12-18(17)24/h3-12H,2H2,1H3,(H2,26,28,29,31). The van der Waals surface area contributed by atoms with E-state index < -0.39 is 11.7 Å². The molecule has 31 heavy (non-hydrogen) atoms. The number of hydrogen-bond acceptors (Lipinski definition) is 4. The van der Waals surface area contributed by atoms with E-state index in [4.69, 9.17) is 28.2 Å². The number of oxazole rings is 1. The molecule has 0 aliphatic heterocycles. The van der Waals surface area contributed by atoms with Crippen molar-refractivity contribution in [2.75, 3.05) is 5.32 Å². The summed E-state index contributed by atoms with van der Waals surface area (Å²) in [5, 5.41) is 5.56. The zero-order valence-electron chi connectivity index (χ0n) is 16.4. The van der Waals surface area contributed by atoms with E-state index in [1.165, 1.54) is 11.6 Å². The second-order valence-corrected chi connectivity index (χ2v) is 7.60. The number of nitrogens with one attached hydrogen (secondary N) is 2. The van der Waals surface area contributed by atoms with E-state index in [1.54, 1.807) is 6.07 Å². The maximum absolute atomic E-state index is 13.2. The number of halogens is 2. The van der Waals surface area contributed by atoms with Gasteiger partial charge in [-0.15, -0.1) is 0 Å². The van der Waals surface area contributed by atoms with Gasteiger partial charge in [0, 0.05) is 11.3 Å². The number of aryl methyl sites for hydroxylation is 1. The average molecular weight is 454 g/mol. The van der Waals surface area contributed by atoms with Crippen LogP contribution in [0.5, 0.6) is 0 Å². The molecule has 1 heterocycles. The molecule has 0 aliphatic carbocycles. The van der Waals surface area contributed by atoms with Crippen molar-refractivity contribution in [3.05, 3.63) is 82.6 Å². The van der Waals surface area contributed by atoms with Crippen LogP contribution in [0.25, 0.3) is 22.6 Å². The molecule has 0 fully saturated rings. The van der Waals surface area contributed by atoms with Crippen LogP contribution in [0.1, 0.15) is 22.8 Å². The van der Waals surface area contributed by atoms with Gasteiger partial charge in [0.05, 0.1) is 10.6 Å². The molecular formula is C23H17ClFN3O2S. The largest absolute Gasteiger partial charge is 0.436 e. The van der Waals surface area contributed by atoms with Crippen LogP contribution in [0.2, 0.25) is 5.02 Å². The molecule has 0 atom stereocenters. The topological polar surface area (TPSA) is 67.2 Å². The number of nitrogens with zero attached hydrogens (tertiary/aromatic N) is 1. The first-order valence-corrected chi connectivity index (χ1v) is 10.3. The number of thiocarbonyl (C=S) groups is 1. The van der Waals surface area contributed by atoms with Crippen molar-refractivity contribution in [2.24, 2.45) is 0 Å². The lowest BCUT2D eigenvalue weighted by Gasteiger charge is -2.11. The fourth-order valence-corrected chi connectivity index (χ4v) is 3.52. The summed E-state index contributed by atoms with van der Waals surface area (Å²) in [6, 6.07) is 16.8. The highest BCUT2D eigenvalue weighted by Gasteiger charge is 2.14. The summed E-state index contributed by atoms with van der Waals surface area (Å²) in [4.78, 5) is 16.9. The van der Waals surface area contributed by atoms with Crippen molar-refractivity contribution in [3.8, 4) is 11.5 Å². The molecule has 0 saturated carbocycles. The maximum Gasteiger partial charge on any atom is 0.258 e. The monoisotopic (exact) mass is 453 g/mol. The molecule has 2 N–H and O–H groups in total. The highest BCUT2D eigenvalue weighted by molar-refractivity contribution is 7.80. The molecule has 4 rings (SSSR count). The smallest absolute Gasteiger partial charge is 0.258 e. The Morgan fingerprint density at radius 1 is 1.16 bits per heavy atom. The predicted molar refractivity (Wildman–Crippen MR) is 124 cm³/mol. The lowest BCUT2D eigenvalue weighted by molar-refractivity contribution is 0.0978. The Morgan fingerprint density at radius 2 is 2.00 bits per heavy atom. The van der Waals surface area contributed by atoms with Crippen molar-refractivity contribution in [3.63, 3.8) is 0 Å². The Bertz CT molecular complexity index is 1310. The third-order valence-electron chi connectivity index (χ3n) is 4.63. The lowest BCUT2D eigenvalue weighted by Crippen LogP contribution is -2.34.